The number of benzene rings is 1. The van der Waals surface area contributed by atoms with Crippen LogP contribution in [0.25, 0.3) is 10.1 Å². The van der Waals surface area contributed by atoms with Gasteiger partial charge in [0, 0.05) is 11.4 Å². The molecule has 0 radical (unpaired) electrons. The first-order chi connectivity index (χ1) is 20.9. The molecule has 7 N–H and O–H groups in total. The van der Waals surface area contributed by atoms with Gasteiger partial charge in [-0.2, -0.15) is 0 Å². The van der Waals surface area contributed by atoms with Gasteiger partial charge in [-0.1, -0.05) is 16.7 Å². The van der Waals surface area contributed by atoms with E-state index in [0.29, 0.717) is 4.90 Å². The molecular weight excluding hydrogens is 660 g/mol. The van der Waals surface area contributed by atoms with Gasteiger partial charge in [0.2, 0.25) is 5.60 Å². The zero-order valence-electron chi connectivity index (χ0n) is 22.9. The second kappa shape index (κ2) is 10.9. The average Bonchev–Trinajstić information content (AvgIpc) is 3.49. The van der Waals surface area contributed by atoms with E-state index in [1.54, 1.807) is 0 Å². The van der Waals surface area contributed by atoms with Crippen molar-refractivity contribution in [2.75, 3.05) is 11.5 Å². The minimum absolute atomic E-state index is 0.00105. The number of nitrogen functional groups attached to an aromatic ring is 1. The van der Waals surface area contributed by atoms with Crippen molar-refractivity contribution in [3.05, 3.63) is 44.8 Å². The van der Waals surface area contributed by atoms with Gasteiger partial charge in [0.15, 0.2) is 37.6 Å². The van der Waals surface area contributed by atoms with E-state index in [2.05, 4.69) is 15.5 Å². The van der Waals surface area contributed by atoms with Gasteiger partial charge < -0.3 is 36.3 Å². The molecule has 0 saturated carbocycles. The SMILES string of the molecule is CC(C)(O/N=C(\C(=O)NC1C(=O)N2C(C(=O)O)=C(Cn3sc4cc(O)c(O)cc4c3=O)CS(=O)(=O)C12)c1csc(N)n1)C(=O)O. The zero-order chi connectivity index (χ0) is 33.2. The first-order valence-electron chi connectivity index (χ1n) is 12.5. The van der Waals surface area contributed by atoms with Crippen molar-refractivity contribution >= 4 is 77.4 Å². The Bertz CT molecular complexity index is 2040. The number of rotatable bonds is 9. The Hall–Kier alpha value is -5.02. The largest absolute Gasteiger partial charge is 0.504 e. The minimum atomic E-state index is -4.38. The van der Waals surface area contributed by atoms with Gasteiger partial charge in [0.05, 0.1) is 22.4 Å². The molecular formula is C24H22N6O12S3. The molecule has 2 aromatic heterocycles. The fourth-order valence-corrected chi connectivity index (χ4v) is 8.14. The highest BCUT2D eigenvalue weighted by Crippen LogP contribution is 2.38. The number of phenolic OH excluding ortho intramolecular Hbond substituents is 2. The molecule has 4 heterocycles. The van der Waals surface area contributed by atoms with Crippen LogP contribution < -0.4 is 16.6 Å². The molecule has 238 valence electrons. The Kier molecular flexibility index (Phi) is 7.57. The third kappa shape index (κ3) is 5.44. The molecule has 2 aliphatic heterocycles. The number of hydrogen-bond donors (Lipinski definition) is 6. The summed E-state index contributed by atoms with van der Waals surface area (Å²) in [5, 5.41) is 44.0. The maximum absolute atomic E-state index is 13.4. The molecule has 18 nitrogen and oxygen atoms in total. The third-order valence-corrected chi connectivity index (χ3v) is 10.5. The quantitative estimate of drug-likeness (QED) is 0.0699. The molecule has 1 aromatic carbocycles. The number of aliphatic carboxylic acids is 2. The zero-order valence-corrected chi connectivity index (χ0v) is 25.4. The van der Waals surface area contributed by atoms with E-state index in [1.165, 1.54) is 5.38 Å². The lowest BCUT2D eigenvalue weighted by molar-refractivity contribution is -0.161. The molecule has 5 rings (SSSR count). The summed E-state index contributed by atoms with van der Waals surface area (Å²) in [6.45, 7) is 1.74. The average molecular weight is 683 g/mol. The Morgan fingerprint density at radius 2 is 1.87 bits per heavy atom. The number of amides is 2. The molecule has 2 aliphatic rings. The lowest BCUT2D eigenvalue weighted by atomic mass is 10.0. The van der Waals surface area contributed by atoms with Crippen LogP contribution in [0.3, 0.4) is 0 Å². The second-order valence-electron chi connectivity index (χ2n) is 10.3. The maximum Gasteiger partial charge on any atom is 0.352 e. The summed E-state index contributed by atoms with van der Waals surface area (Å²) in [7, 11) is -4.38. The van der Waals surface area contributed by atoms with Crippen LogP contribution in [0.4, 0.5) is 5.13 Å². The van der Waals surface area contributed by atoms with Crippen molar-refractivity contribution in [1.82, 2.24) is 19.2 Å². The molecule has 45 heavy (non-hydrogen) atoms. The molecule has 2 unspecified atom stereocenters. The number of sulfone groups is 1. The molecule has 0 aliphatic carbocycles. The summed E-state index contributed by atoms with van der Waals surface area (Å²) in [6.07, 6.45) is 0. The van der Waals surface area contributed by atoms with Crippen LogP contribution in [0.15, 0.2) is 38.7 Å². The third-order valence-electron chi connectivity index (χ3n) is 6.79. The van der Waals surface area contributed by atoms with Gasteiger partial charge in [0.25, 0.3) is 17.4 Å². The molecule has 2 atom stereocenters. The molecule has 1 fully saturated rings. The van der Waals surface area contributed by atoms with E-state index < -0.39 is 91.4 Å². The normalized spacial score (nSPS) is 19.6. The summed E-state index contributed by atoms with van der Waals surface area (Å²) >= 11 is 1.67. The van der Waals surface area contributed by atoms with Gasteiger partial charge in [-0.15, -0.1) is 11.3 Å². The smallest absolute Gasteiger partial charge is 0.352 e. The summed E-state index contributed by atoms with van der Waals surface area (Å²) < 4.78 is 28.0. The lowest BCUT2D eigenvalue weighted by Crippen LogP contribution is -2.75. The van der Waals surface area contributed by atoms with Crippen molar-refractivity contribution in [3.63, 3.8) is 0 Å². The van der Waals surface area contributed by atoms with Crippen LogP contribution >= 0.6 is 22.9 Å². The fourth-order valence-electron chi connectivity index (χ4n) is 4.53. The number of nitrogens with two attached hydrogens (primary N) is 1. The number of nitrogens with one attached hydrogen (secondary N) is 1. The molecule has 21 heteroatoms. The summed E-state index contributed by atoms with van der Waals surface area (Å²) in [5.74, 6) is -7.37. The predicted octanol–water partition coefficient (Wildman–Crippen LogP) is -0.783. The minimum Gasteiger partial charge on any atom is -0.504 e. The van der Waals surface area contributed by atoms with E-state index in [1.807, 2.05) is 0 Å². The first-order valence-corrected chi connectivity index (χ1v) is 15.9. The van der Waals surface area contributed by atoms with Crippen LogP contribution in [-0.2, 0) is 40.4 Å². The lowest BCUT2D eigenvalue weighted by Gasteiger charge is -2.49. The number of nitrogens with zero attached hydrogens (tertiary/aromatic N) is 4. The van der Waals surface area contributed by atoms with Gasteiger partial charge in [-0.3, -0.25) is 23.2 Å². The fraction of sp³-hybridized carbons (Fsp3) is 0.292. The monoisotopic (exact) mass is 682 g/mol. The Balaban J connectivity index is 1.47. The van der Waals surface area contributed by atoms with Crippen molar-refractivity contribution in [3.8, 4) is 11.5 Å². The number of carbonyl (C=O) groups is 4. The number of aromatic nitrogens is 2. The first kappa shape index (κ1) is 31.4. The molecule has 0 bridgehead atoms. The van der Waals surface area contributed by atoms with Crippen LogP contribution in [0.1, 0.15) is 19.5 Å². The van der Waals surface area contributed by atoms with Gasteiger partial charge in [0.1, 0.15) is 17.4 Å². The number of fused-ring (bicyclic) bond motifs is 2. The van der Waals surface area contributed by atoms with Crippen LogP contribution in [0.2, 0.25) is 0 Å². The number of carboxylic acid groups (broad SMARTS) is 2. The summed E-state index contributed by atoms with van der Waals surface area (Å²) in [4.78, 5) is 72.5. The van der Waals surface area contributed by atoms with Crippen LogP contribution in [0, 0.1) is 0 Å². The van der Waals surface area contributed by atoms with Gasteiger partial charge in [-0.05, 0) is 25.5 Å². The molecule has 3 aromatic rings. The predicted molar refractivity (Wildman–Crippen MR) is 156 cm³/mol. The van der Waals surface area contributed by atoms with Crippen molar-refractivity contribution in [2.45, 2.75) is 37.4 Å². The van der Waals surface area contributed by atoms with Crippen LogP contribution in [-0.4, -0.2) is 94.9 Å². The molecule has 2 amide bonds. The number of carbonyl (C=O) groups excluding carboxylic acids is 2. The van der Waals surface area contributed by atoms with Crippen LogP contribution in [0.5, 0.6) is 11.5 Å². The summed E-state index contributed by atoms with van der Waals surface area (Å²) in [5.41, 5.74) is 1.21. The van der Waals surface area contributed by atoms with E-state index >= 15 is 0 Å². The number of thiazole rings is 1. The molecule has 0 spiro atoms. The van der Waals surface area contributed by atoms with E-state index in [4.69, 9.17) is 10.6 Å². The maximum atomic E-state index is 13.4. The number of aromatic hydroxyl groups is 2. The Morgan fingerprint density at radius 3 is 2.47 bits per heavy atom. The van der Waals surface area contributed by atoms with E-state index in [9.17, 15) is 52.8 Å². The van der Waals surface area contributed by atoms with Gasteiger partial charge in [-0.25, -0.2) is 23.0 Å². The molecule has 1 saturated heterocycles. The topological polar surface area (TPSA) is 281 Å². The highest BCUT2D eigenvalue weighted by atomic mass is 32.2. The highest BCUT2D eigenvalue weighted by Gasteiger charge is 2.60. The number of oxime groups is 1. The Labute approximate surface area is 259 Å². The second-order valence-corrected chi connectivity index (χ2v) is 14.4. The number of hydrogen-bond acceptors (Lipinski definition) is 15. The van der Waals surface area contributed by atoms with Crippen molar-refractivity contribution in [1.29, 1.82) is 0 Å². The van der Waals surface area contributed by atoms with E-state index in [0.717, 1.165) is 52.8 Å². The Morgan fingerprint density at radius 1 is 1.20 bits per heavy atom. The highest BCUT2D eigenvalue weighted by molar-refractivity contribution is 7.92. The summed E-state index contributed by atoms with van der Waals surface area (Å²) in [6, 6.07) is 0.354. The number of anilines is 1. The number of β-lactam (4-membered cyclic amide) rings is 1. The van der Waals surface area contributed by atoms with Crippen molar-refractivity contribution in [2.24, 2.45) is 5.16 Å². The van der Waals surface area contributed by atoms with Gasteiger partial charge >= 0.3 is 11.9 Å². The number of phenols is 2. The van der Waals surface area contributed by atoms with E-state index in [-0.39, 0.29) is 26.5 Å². The standard InChI is InChI=1S/C24H22N6O12S3/c1-24(2,22(38)39)42-28-14(10-6-43-23(25)26-10)17(33)27-15-19(35)30-16(21(36)37)8(7-45(40,41)20(15)30)5-29-18(34)9-3-11(31)12(32)4-13(9)44-29/h3-4,6,15,20,31-32H,5,7H2,1-2H3,(H2,25,26)(H,27,33)(H,36,37)(H,38,39)/b28-14-. The number of carboxylic acids is 2. The van der Waals surface area contributed by atoms with Crippen molar-refractivity contribution < 1.29 is 52.9 Å².